The van der Waals surface area contributed by atoms with Gasteiger partial charge in [0.05, 0.1) is 5.75 Å². The maximum atomic E-state index is 13.6. The van der Waals surface area contributed by atoms with Crippen LogP contribution < -0.4 is 15.0 Å². The van der Waals surface area contributed by atoms with Gasteiger partial charge in [0.25, 0.3) is 5.91 Å². The van der Waals surface area contributed by atoms with Crippen molar-refractivity contribution in [1.82, 2.24) is 20.4 Å². The van der Waals surface area contributed by atoms with E-state index in [4.69, 9.17) is 4.74 Å². The normalized spacial score (nSPS) is 16.9. The van der Waals surface area contributed by atoms with Crippen molar-refractivity contribution < 1.29 is 18.7 Å². The van der Waals surface area contributed by atoms with Crippen LogP contribution in [0, 0.1) is 5.82 Å². The van der Waals surface area contributed by atoms with Crippen molar-refractivity contribution in [1.29, 1.82) is 0 Å². The van der Waals surface area contributed by atoms with Crippen LogP contribution in [0.5, 0.6) is 5.75 Å². The van der Waals surface area contributed by atoms with Gasteiger partial charge in [0, 0.05) is 32.2 Å². The Hall–Kier alpha value is -2.40. The highest BCUT2D eigenvalue weighted by Crippen LogP contribution is 2.29. The number of piperazine rings is 1. The smallest absolute Gasteiger partial charge is 0.260 e. The molecule has 0 spiro atoms. The quantitative estimate of drug-likeness (QED) is 0.582. The van der Waals surface area contributed by atoms with Gasteiger partial charge in [0.1, 0.15) is 0 Å². The second kappa shape index (κ2) is 11.0. The molecule has 0 unspecified atom stereocenters. The van der Waals surface area contributed by atoms with Crippen molar-refractivity contribution in [3.8, 4) is 5.75 Å². The van der Waals surface area contributed by atoms with Crippen LogP contribution in [0.1, 0.15) is 25.7 Å². The molecule has 2 fully saturated rings. The molecule has 2 heterocycles. The van der Waals surface area contributed by atoms with Gasteiger partial charge in [-0.25, -0.2) is 4.39 Å². The summed E-state index contributed by atoms with van der Waals surface area (Å²) in [5, 5.41) is 12.3. The fraction of sp³-hybridized carbons (Fsp3) is 0.524. The number of nitrogens with zero attached hydrogens (tertiary/aromatic N) is 4. The minimum Gasteiger partial charge on any atom is -0.481 e. The lowest BCUT2D eigenvalue weighted by atomic mass is 10.2. The maximum Gasteiger partial charge on any atom is 0.260 e. The summed E-state index contributed by atoms with van der Waals surface area (Å²) >= 11 is 2.86. The Morgan fingerprint density at radius 3 is 2.66 bits per heavy atom. The summed E-state index contributed by atoms with van der Waals surface area (Å²) in [5.74, 6) is -0.186. The van der Waals surface area contributed by atoms with Crippen LogP contribution in [0.3, 0.4) is 0 Å². The standard InChI is InChI=1S/C21H26FN5O3S2/c22-16-7-3-4-8-17(16)30-13-19(29)26-9-11-27(12-10-26)20-24-25-21(32-20)31-14-18(28)23-15-5-1-2-6-15/h3-4,7-8,15H,1-2,5-6,9-14H2,(H,23,28). The van der Waals surface area contributed by atoms with Crippen molar-refractivity contribution in [3.05, 3.63) is 30.1 Å². The minimum atomic E-state index is -0.480. The van der Waals surface area contributed by atoms with Gasteiger partial charge in [-0.15, -0.1) is 10.2 Å². The number of carbonyl (C=O) groups excluding carboxylic acids is 2. The number of hydrogen-bond acceptors (Lipinski definition) is 8. The molecule has 172 valence electrons. The molecule has 11 heteroatoms. The Balaban J connectivity index is 1.19. The molecule has 1 aliphatic heterocycles. The molecule has 1 saturated carbocycles. The fourth-order valence-electron chi connectivity index (χ4n) is 3.80. The van der Waals surface area contributed by atoms with E-state index in [0.717, 1.165) is 22.3 Å². The monoisotopic (exact) mass is 479 g/mol. The van der Waals surface area contributed by atoms with E-state index in [1.165, 1.54) is 48.1 Å². The van der Waals surface area contributed by atoms with Gasteiger partial charge in [0.15, 0.2) is 22.5 Å². The first-order valence-corrected chi connectivity index (χ1v) is 12.5. The van der Waals surface area contributed by atoms with E-state index in [1.807, 2.05) is 0 Å². The van der Waals surface area contributed by atoms with E-state index in [9.17, 15) is 14.0 Å². The fourth-order valence-corrected chi connectivity index (χ4v) is 5.50. The number of aromatic nitrogens is 2. The number of ether oxygens (including phenoxy) is 1. The number of benzene rings is 1. The van der Waals surface area contributed by atoms with Gasteiger partial charge in [-0.3, -0.25) is 9.59 Å². The molecule has 1 saturated heterocycles. The molecule has 1 aliphatic carbocycles. The average molecular weight is 480 g/mol. The van der Waals surface area contributed by atoms with Crippen LogP contribution in [0.25, 0.3) is 0 Å². The number of carbonyl (C=O) groups is 2. The Bertz CT molecular complexity index is 930. The lowest BCUT2D eigenvalue weighted by molar-refractivity contribution is -0.133. The molecular formula is C21H26FN5O3S2. The molecule has 2 amide bonds. The molecule has 1 N–H and O–H groups in total. The third-order valence-corrected chi connectivity index (χ3v) is 7.65. The molecule has 32 heavy (non-hydrogen) atoms. The van der Waals surface area contributed by atoms with Crippen molar-refractivity contribution in [2.45, 2.75) is 36.1 Å². The maximum absolute atomic E-state index is 13.6. The number of anilines is 1. The predicted molar refractivity (Wildman–Crippen MR) is 122 cm³/mol. The number of thioether (sulfide) groups is 1. The molecular weight excluding hydrogens is 453 g/mol. The van der Waals surface area contributed by atoms with Crippen molar-refractivity contribution in [3.63, 3.8) is 0 Å². The van der Waals surface area contributed by atoms with E-state index < -0.39 is 5.82 Å². The topological polar surface area (TPSA) is 87.7 Å². The minimum absolute atomic E-state index is 0.0448. The third kappa shape index (κ3) is 6.10. The van der Waals surface area contributed by atoms with Gasteiger partial charge in [-0.05, 0) is 25.0 Å². The zero-order valence-corrected chi connectivity index (χ0v) is 19.3. The zero-order valence-electron chi connectivity index (χ0n) is 17.7. The summed E-state index contributed by atoms with van der Waals surface area (Å²) in [5.41, 5.74) is 0. The molecule has 8 nitrogen and oxygen atoms in total. The lowest BCUT2D eigenvalue weighted by Gasteiger charge is -2.34. The first-order chi connectivity index (χ1) is 15.6. The van der Waals surface area contributed by atoms with Gasteiger partial charge < -0.3 is 19.9 Å². The summed E-state index contributed by atoms with van der Waals surface area (Å²) in [6.07, 6.45) is 4.52. The van der Waals surface area contributed by atoms with Crippen LogP contribution in [-0.2, 0) is 9.59 Å². The first kappa shape index (κ1) is 22.8. The highest BCUT2D eigenvalue weighted by Gasteiger charge is 2.24. The van der Waals surface area contributed by atoms with E-state index in [2.05, 4.69) is 20.4 Å². The molecule has 0 bridgehead atoms. The highest BCUT2D eigenvalue weighted by molar-refractivity contribution is 8.01. The summed E-state index contributed by atoms with van der Waals surface area (Å²) in [7, 11) is 0. The van der Waals surface area contributed by atoms with Crippen molar-refractivity contribution >= 4 is 40.0 Å². The summed E-state index contributed by atoms with van der Waals surface area (Å²) in [6.45, 7) is 2.14. The first-order valence-electron chi connectivity index (χ1n) is 10.7. The van der Waals surface area contributed by atoms with Crippen molar-refractivity contribution in [2.24, 2.45) is 0 Å². The molecule has 2 aromatic rings. The summed E-state index contributed by atoms with van der Waals surface area (Å²) in [4.78, 5) is 28.3. The summed E-state index contributed by atoms with van der Waals surface area (Å²) in [6, 6.07) is 6.37. The highest BCUT2D eigenvalue weighted by atomic mass is 32.2. The van der Waals surface area contributed by atoms with Gasteiger partial charge in [-0.1, -0.05) is 48.1 Å². The predicted octanol–water partition coefficient (Wildman–Crippen LogP) is 2.56. The SMILES string of the molecule is O=C(CSc1nnc(N2CCN(C(=O)COc3ccccc3F)CC2)s1)NC1CCCC1. The number of hydrogen-bond donors (Lipinski definition) is 1. The van der Waals surface area contributed by atoms with E-state index in [1.54, 1.807) is 17.0 Å². The van der Waals surface area contributed by atoms with Gasteiger partial charge >= 0.3 is 0 Å². The largest absolute Gasteiger partial charge is 0.481 e. The second-order valence-corrected chi connectivity index (χ2v) is 9.95. The number of halogens is 1. The van der Waals surface area contributed by atoms with Gasteiger partial charge in [-0.2, -0.15) is 0 Å². The average Bonchev–Trinajstić information content (AvgIpc) is 3.49. The van der Waals surface area contributed by atoms with E-state index in [0.29, 0.717) is 38.0 Å². The Labute approximate surface area is 194 Å². The zero-order chi connectivity index (χ0) is 22.3. The van der Waals surface area contributed by atoms with Crippen LogP contribution >= 0.6 is 23.1 Å². The number of para-hydroxylation sites is 1. The van der Waals surface area contributed by atoms with Crippen molar-refractivity contribution in [2.75, 3.05) is 43.4 Å². The Morgan fingerprint density at radius 2 is 1.91 bits per heavy atom. The molecule has 1 aromatic carbocycles. The molecule has 0 radical (unpaired) electrons. The van der Waals surface area contributed by atoms with E-state index in [-0.39, 0.29) is 24.2 Å². The van der Waals surface area contributed by atoms with Gasteiger partial charge in [0.2, 0.25) is 11.0 Å². The number of rotatable bonds is 8. The molecule has 2 aliphatic rings. The van der Waals surface area contributed by atoms with Crippen LogP contribution in [0.15, 0.2) is 28.6 Å². The second-order valence-electron chi connectivity index (χ2n) is 7.78. The number of amides is 2. The van der Waals surface area contributed by atoms with Crippen LogP contribution in [-0.4, -0.2) is 71.5 Å². The molecule has 1 aromatic heterocycles. The lowest BCUT2D eigenvalue weighted by Crippen LogP contribution is -2.50. The Kier molecular flexibility index (Phi) is 7.80. The van der Waals surface area contributed by atoms with E-state index >= 15 is 0 Å². The molecule has 4 rings (SSSR count). The Morgan fingerprint density at radius 1 is 1.16 bits per heavy atom. The van der Waals surface area contributed by atoms with Crippen LogP contribution in [0.2, 0.25) is 0 Å². The van der Waals surface area contributed by atoms with Crippen LogP contribution in [0.4, 0.5) is 9.52 Å². The number of nitrogens with one attached hydrogen (secondary N) is 1. The third-order valence-electron chi connectivity index (χ3n) is 5.53. The summed E-state index contributed by atoms with van der Waals surface area (Å²) < 4.78 is 19.7. The molecule has 0 atom stereocenters.